The van der Waals surface area contributed by atoms with Gasteiger partial charge in [0.15, 0.2) is 0 Å². The second kappa shape index (κ2) is 6.39. The molecule has 6 nitrogen and oxygen atoms in total. The summed E-state index contributed by atoms with van der Waals surface area (Å²) in [6, 6.07) is 13.3. The van der Waals surface area contributed by atoms with Crippen LogP contribution in [0.25, 0.3) is 11.3 Å². The van der Waals surface area contributed by atoms with Crippen molar-refractivity contribution in [3.63, 3.8) is 0 Å². The number of benzene rings is 2. The molecule has 0 bridgehead atoms. The van der Waals surface area contributed by atoms with E-state index in [9.17, 15) is 0 Å². The first-order valence-electron chi connectivity index (χ1n) is 7.16. The Morgan fingerprint density at radius 2 is 1.83 bits per heavy atom. The Balaban J connectivity index is 1.99. The summed E-state index contributed by atoms with van der Waals surface area (Å²) in [6.07, 6.45) is 1.72. The van der Waals surface area contributed by atoms with Crippen LogP contribution in [0.2, 0.25) is 0 Å². The molecular weight excluding hydrogens is 292 g/mol. The molecule has 0 fully saturated rings. The van der Waals surface area contributed by atoms with Gasteiger partial charge in [0.25, 0.3) is 0 Å². The smallest absolute Gasteiger partial charge is 0.128 e. The van der Waals surface area contributed by atoms with Crippen LogP contribution in [0.15, 0.2) is 48.7 Å². The fraction of sp³-hybridized carbons (Fsp3) is 0.176. The summed E-state index contributed by atoms with van der Waals surface area (Å²) < 4.78 is 12.6. The summed E-state index contributed by atoms with van der Waals surface area (Å²) in [5.41, 5.74) is 9.29. The third-order valence-corrected chi connectivity index (χ3v) is 3.61. The summed E-state index contributed by atoms with van der Waals surface area (Å²) in [5, 5.41) is 8.22. The van der Waals surface area contributed by atoms with Gasteiger partial charge in [0.2, 0.25) is 0 Å². The number of anilines is 1. The molecule has 0 amide bonds. The summed E-state index contributed by atoms with van der Waals surface area (Å²) in [5.74, 6) is 1.49. The van der Waals surface area contributed by atoms with E-state index in [2.05, 4.69) is 10.3 Å². The van der Waals surface area contributed by atoms with E-state index in [0.29, 0.717) is 6.54 Å². The molecule has 1 aromatic heterocycles. The third-order valence-electron chi connectivity index (χ3n) is 3.61. The van der Waals surface area contributed by atoms with Crippen molar-refractivity contribution in [1.82, 2.24) is 15.0 Å². The van der Waals surface area contributed by atoms with E-state index >= 15 is 0 Å². The van der Waals surface area contributed by atoms with Gasteiger partial charge < -0.3 is 15.2 Å². The van der Waals surface area contributed by atoms with Crippen molar-refractivity contribution < 1.29 is 9.47 Å². The van der Waals surface area contributed by atoms with Crippen molar-refractivity contribution in [3.05, 3.63) is 54.2 Å². The van der Waals surface area contributed by atoms with Crippen molar-refractivity contribution in [3.8, 4) is 22.8 Å². The van der Waals surface area contributed by atoms with Crippen molar-refractivity contribution >= 4 is 5.69 Å². The molecular formula is C17H18N4O2. The molecule has 0 aliphatic rings. The summed E-state index contributed by atoms with van der Waals surface area (Å²) >= 11 is 0. The van der Waals surface area contributed by atoms with Crippen molar-refractivity contribution in [1.29, 1.82) is 0 Å². The maximum absolute atomic E-state index is 5.73. The molecule has 118 valence electrons. The Hall–Kier alpha value is -3.02. The van der Waals surface area contributed by atoms with E-state index in [1.165, 1.54) is 0 Å². The van der Waals surface area contributed by atoms with E-state index in [0.717, 1.165) is 34.0 Å². The minimum absolute atomic E-state index is 0.593. The first-order chi connectivity index (χ1) is 11.2. The maximum Gasteiger partial charge on any atom is 0.128 e. The van der Waals surface area contributed by atoms with Crippen LogP contribution in [0, 0.1) is 0 Å². The number of hydrogen-bond donors (Lipinski definition) is 1. The van der Waals surface area contributed by atoms with Gasteiger partial charge in [0.05, 0.1) is 32.7 Å². The Labute approximate surface area is 134 Å². The van der Waals surface area contributed by atoms with Crippen molar-refractivity contribution in [2.24, 2.45) is 0 Å². The highest BCUT2D eigenvalue weighted by molar-refractivity contribution is 5.68. The predicted molar refractivity (Wildman–Crippen MR) is 88.5 cm³/mol. The molecule has 23 heavy (non-hydrogen) atoms. The molecule has 0 spiro atoms. The van der Waals surface area contributed by atoms with Gasteiger partial charge in [-0.2, -0.15) is 0 Å². The van der Waals surface area contributed by atoms with Crippen LogP contribution in [0.5, 0.6) is 11.5 Å². The van der Waals surface area contributed by atoms with E-state index in [1.807, 2.05) is 47.1 Å². The normalized spacial score (nSPS) is 10.5. The highest BCUT2D eigenvalue weighted by Gasteiger charge is 2.13. The van der Waals surface area contributed by atoms with Crippen molar-refractivity contribution in [2.75, 3.05) is 20.0 Å². The number of nitrogens with two attached hydrogens (primary N) is 1. The zero-order chi connectivity index (χ0) is 16.2. The lowest BCUT2D eigenvalue weighted by atomic mass is 10.1. The van der Waals surface area contributed by atoms with Gasteiger partial charge in [-0.3, -0.25) is 0 Å². The summed E-state index contributed by atoms with van der Waals surface area (Å²) in [7, 11) is 3.27. The number of methoxy groups -OCH3 is 2. The second-order valence-electron chi connectivity index (χ2n) is 5.08. The quantitative estimate of drug-likeness (QED) is 0.733. The molecule has 6 heteroatoms. The van der Waals surface area contributed by atoms with Crippen LogP contribution in [0.4, 0.5) is 5.69 Å². The lowest BCUT2D eigenvalue weighted by molar-refractivity contribution is 0.404. The number of rotatable bonds is 5. The number of ether oxygens (including phenoxy) is 2. The van der Waals surface area contributed by atoms with Gasteiger partial charge in [-0.25, -0.2) is 4.68 Å². The standard InChI is InChI=1S/C17H18N4O2/c1-22-14-7-8-17(23-2)15(9-14)16-10-19-20-21(16)11-12-3-5-13(18)6-4-12/h3-10H,11,18H2,1-2H3. The molecule has 0 saturated carbocycles. The van der Waals surface area contributed by atoms with Gasteiger partial charge in [-0.1, -0.05) is 17.3 Å². The maximum atomic E-state index is 5.73. The number of aromatic nitrogens is 3. The molecule has 0 unspecified atom stereocenters. The van der Waals surface area contributed by atoms with Crippen molar-refractivity contribution in [2.45, 2.75) is 6.54 Å². The Bertz CT molecular complexity index is 797. The average molecular weight is 310 g/mol. The zero-order valence-electron chi connectivity index (χ0n) is 13.1. The Morgan fingerprint density at radius 1 is 1.04 bits per heavy atom. The number of nitrogens with zero attached hydrogens (tertiary/aromatic N) is 3. The van der Waals surface area contributed by atoms with Crippen LogP contribution in [-0.4, -0.2) is 29.2 Å². The molecule has 1 heterocycles. The van der Waals surface area contributed by atoms with Gasteiger partial charge in [0.1, 0.15) is 11.5 Å². The van der Waals surface area contributed by atoms with Crippen LogP contribution >= 0.6 is 0 Å². The van der Waals surface area contributed by atoms with E-state index in [1.54, 1.807) is 20.4 Å². The van der Waals surface area contributed by atoms with Crippen LogP contribution in [0.1, 0.15) is 5.56 Å². The molecule has 0 radical (unpaired) electrons. The Kier molecular flexibility index (Phi) is 4.14. The fourth-order valence-electron chi connectivity index (χ4n) is 2.39. The van der Waals surface area contributed by atoms with Gasteiger partial charge in [-0.05, 0) is 35.9 Å². The first-order valence-corrected chi connectivity index (χ1v) is 7.16. The predicted octanol–water partition coefficient (Wildman–Crippen LogP) is 2.59. The average Bonchev–Trinajstić information content (AvgIpc) is 3.04. The van der Waals surface area contributed by atoms with Gasteiger partial charge in [0, 0.05) is 11.3 Å². The molecule has 2 aromatic carbocycles. The molecule has 0 aliphatic carbocycles. The summed E-state index contributed by atoms with van der Waals surface area (Å²) in [4.78, 5) is 0. The molecule has 0 saturated heterocycles. The molecule has 3 aromatic rings. The van der Waals surface area contributed by atoms with Crippen LogP contribution in [0.3, 0.4) is 0 Å². The van der Waals surface area contributed by atoms with E-state index in [4.69, 9.17) is 15.2 Å². The Morgan fingerprint density at radius 3 is 2.52 bits per heavy atom. The monoisotopic (exact) mass is 310 g/mol. The second-order valence-corrected chi connectivity index (χ2v) is 5.08. The molecule has 3 rings (SSSR count). The summed E-state index contributed by atoms with van der Waals surface area (Å²) in [6.45, 7) is 0.593. The highest BCUT2D eigenvalue weighted by atomic mass is 16.5. The number of hydrogen-bond acceptors (Lipinski definition) is 5. The van der Waals surface area contributed by atoms with Gasteiger partial charge >= 0.3 is 0 Å². The molecule has 2 N–H and O–H groups in total. The topological polar surface area (TPSA) is 75.2 Å². The first kappa shape index (κ1) is 14.9. The SMILES string of the molecule is COc1ccc(OC)c(-c2cnnn2Cc2ccc(N)cc2)c1. The number of nitrogen functional groups attached to an aromatic ring is 1. The van der Waals surface area contributed by atoms with E-state index < -0.39 is 0 Å². The fourth-order valence-corrected chi connectivity index (χ4v) is 2.39. The lowest BCUT2D eigenvalue weighted by Crippen LogP contribution is -2.05. The minimum atomic E-state index is 0.593. The van der Waals surface area contributed by atoms with Crippen LogP contribution < -0.4 is 15.2 Å². The highest BCUT2D eigenvalue weighted by Crippen LogP contribution is 2.33. The minimum Gasteiger partial charge on any atom is -0.497 e. The molecule has 0 aliphatic heterocycles. The third kappa shape index (κ3) is 3.11. The van der Waals surface area contributed by atoms with Crippen LogP contribution in [-0.2, 0) is 6.54 Å². The largest absolute Gasteiger partial charge is 0.497 e. The zero-order valence-corrected chi connectivity index (χ0v) is 13.1. The van der Waals surface area contributed by atoms with E-state index in [-0.39, 0.29) is 0 Å². The van der Waals surface area contributed by atoms with Gasteiger partial charge in [-0.15, -0.1) is 5.10 Å². The molecule has 0 atom stereocenters. The lowest BCUT2D eigenvalue weighted by Gasteiger charge is -2.12.